The van der Waals surface area contributed by atoms with Crippen LogP contribution in [0.5, 0.6) is 0 Å². The van der Waals surface area contributed by atoms with Crippen LogP contribution in [0.25, 0.3) is 17.2 Å². The fourth-order valence-corrected chi connectivity index (χ4v) is 4.29. The molecule has 174 valence electrons. The normalized spacial score (nSPS) is 17.7. The third-order valence-corrected chi connectivity index (χ3v) is 6.44. The molecule has 4 aromatic rings. The maximum Gasteiger partial charge on any atom is 0.389 e. The van der Waals surface area contributed by atoms with Crippen LogP contribution in [0.15, 0.2) is 43.1 Å². The van der Waals surface area contributed by atoms with Gasteiger partial charge in [0.2, 0.25) is 5.91 Å². The first-order chi connectivity index (χ1) is 16.1. The summed E-state index contributed by atoms with van der Waals surface area (Å²) in [4.78, 5) is 35.0. The Bertz CT molecular complexity index is 1400. The summed E-state index contributed by atoms with van der Waals surface area (Å²) in [7, 11) is 0. The van der Waals surface area contributed by atoms with E-state index in [1.54, 1.807) is 48.4 Å². The molecule has 1 amide bonds. The van der Waals surface area contributed by atoms with Crippen molar-refractivity contribution < 1.29 is 18.0 Å². The number of carbonyl (C=O) groups is 1. The summed E-state index contributed by atoms with van der Waals surface area (Å²) in [5.41, 5.74) is 1.38. The molecule has 0 aliphatic carbocycles. The second-order valence-corrected chi connectivity index (χ2v) is 9.34. The van der Waals surface area contributed by atoms with Crippen LogP contribution in [0, 0.1) is 3.57 Å². The Morgan fingerprint density at radius 2 is 1.97 bits per heavy atom. The van der Waals surface area contributed by atoms with Gasteiger partial charge in [-0.15, -0.1) is 0 Å². The Balaban J connectivity index is 1.51. The van der Waals surface area contributed by atoms with E-state index < -0.39 is 18.0 Å². The molecule has 0 saturated heterocycles. The monoisotopic (exact) mass is 579 g/mol. The lowest BCUT2D eigenvalue weighted by molar-refractivity contribution is -0.135. The summed E-state index contributed by atoms with van der Waals surface area (Å²) in [5.74, 6) is 0.323. The highest BCUT2D eigenvalue weighted by atomic mass is 127. The minimum Gasteiger partial charge on any atom is -0.309 e. The average molecular weight is 579 g/mol. The quantitative estimate of drug-likeness (QED) is 0.354. The lowest BCUT2D eigenvalue weighted by atomic mass is 9.81. The number of amides is 1. The summed E-state index contributed by atoms with van der Waals surface area (Å²) in [6, 6.07) is 3.67. The maximum absolute atomic E-state index is 12.9. The third-order valence-electron chi connectivity index (χ3n) is 5.80. The first-order valence-electron chi connectivity index (χ1n) is 10.4. The minimum absolute atomic E-state index is 0.103. The fourth-order valence-electron chi connectivity index (χ4n) is 3.98. The molecular weight excluding hydrogens is 562 g/mol. The van der Waals surface area contributed by atoms with Gasteiger partial charge >= 0.3 is 6.18 Å². The highest BCUT2D eigenvalue weighted by molar-refractivity contribution is 14.1. The molecule has 0 fully saturated rings. The minimum atomic E-state index is -4.23. The topological polar surface area (TPSA) is 98.0 Å². The molecule has 1 atom stereocenters. The number of aryl methyl sites for hydroxylation is 1. The zero-order valence-electron chi connectivity index (χ0n) is 17.8. The summed E-state index contributed by atoms with van der Waals surface area (Å²) >= 11 is 2.14. The number of carbonyl (C=O) groups excluding carboxylic acids is 1. The van der Waals surface area contributed by atoms with Crippen molar-refractivity contribution in [2.45, 2.75) is 37.8 Å². The van der Waals surface area contributed by atoms with Crippen LogP contribution in [0.4, 0.5) is 19.0 Å². The number of fused-ring (bicyclic) bond motifs is 2. The molecule has 5 rings (SSSR count). The molecule has 0 spiro atoms. The van der Waals surface area contributed by atoms with E-state index in [-0.39, 0.29) is 24.6 Å². The molecule has 1 N–H and O–H groups in total. The van der Waals surface area contributed by atoms with Gasteiger partial charge in [-0.25, -0.2) is 19.9 Å². The number of pyridine rings is 1. The number of hydrogen-bond donors (Lipinski definition) is 1. The number of nitrogens with one attached hydrogen (secondary N) is 1. The van der Waals surface area contributed by atoms with Crippen molar-refractivity contribution in [3.8, 4) is 11.5 Å². The van der Waals surface area contributed by atoms with Gasteiger partial charge in [-0.2, -0.15) is 13.2 Å². The largest absolute Gasteiger partial charge is 0.389 e. The zero-order chi connectivity index (χ0) is 24.1. The first-order valence-corrected chi connectivity index (χ1v) is 11.4. The molecule has 1 aliphatic heterocycles. The van der Waals surface area contributed by atoms with Gasteiger partial charge in [0, 0.05) is 46.5 Å². The molecule has 1 aliphatic rings. The number of alkyl halides is 3. The van der Waals surface area contributed by atoms with Gasteiger partial charge in [-0.3, -0.25) is 9.78 Å². The number of halogens is 4. The average Bonchev–Trinajstić information content (AvgIpc) is 3.36. The molecule has 0 bridgehead atoms. The van der Waals surface area contributed by atoms with Crippen LogP contribution < -0.4 is 5.32 Å². The molecule has 0 aromatic carbocycles. The van der Waals surface area contributed by atoms with Gasteiger partial charge in [0.25, 0.3) is 0 Å². The molecule has 0 saturated carbocycles. The predicted octanol–water partition coefficient (Wildman–Crippen LogP) is 4.33. The summed E-state index contributed by atoms with van der Waals surface area (Å²) < 4.78 is 40.5. The first kappa shape index (κ1) is 22.6. The number of nitrogens with zero attached hydrogens (tertiary/aromatic N) is 6. The number of rotatable bonds is 5. The van der Waals surface area contributed by atoms with Crippen molar-refractivity contribution in [2.24, 2.45) is 0 Å². The van der Waals surface area contributed by atoms with E-state index in [2.05, 4.69) is 52.8 Å². The van der Waals surface area contributed by atoms with E-state index in [1.807, 2.05) is 6.07 Å². The van der Waals surface area contributed by atoms with E-state index >= 15 is 0 Å². The van der Waals surface area contributed by atoms with Gasteiger partial charge in [0.1, 0.15) is 16.9 Å². The molecule has 5 heterocycles. The van der Waals surface area contributed by atoms with Gasteiger partial charge in [0.15, 0.2) is 11.5 Å². The Hall–Kier alpha value is -3.16. The molecule has 4 aromatic heterocycles. The van der Waals surface area contributed by atoms with Crippen molar-refractivity contribution in [3.05, 3.63) is 63.6 Å². The molecular formula is C22H17F3IN7O. The highest BCUT2D eigenvalue weighted by Gasteiger charge is 2.46. The van der Waals surface area contributed by atoms with Crippen molar-refractivity contribution in [2.75, 3.05) is 5.32 Å². The van der Waals surface area contributed by atoms with Crippen LogP contribution >= 0.6 is 22.6 Å². The highest BCUT2D eigenvalue weighted by Crippen LogP contribution is 2.41. The van der Waals surface area contributed by atoms with Crippen molar-refractivity contribution in [1.29, 1.82) is 0 Å². The van der Waals surface area contributed by atoms with Crippen LogP contribution in [0.2, 0.25) is 0 Å². The summed E-state index contributed by atoms with van der Waals surface area (Å²) in [5, 5.41) is 2.81. The van der Waals surface area contributed by atoms with E-state index in [9.17, 15) is 18.0 Å². The van der Waals surface area contributed by atoms with Crippen molar-refractivity contribution in [1.82, 2.24) is 29.3 Å². The lowest BCUT2D eigenvalue weighted by Crippen LogP contribution is -2.33. The zero-order valence-corrected chi connectivity index (χ0v) is 19.9. The molecule has 34 heavy (non-hydrogen) atoms. The number of imidazole rings is 1. The van der Waals surface area contributed by atoms with Gasteiger partial charge in [0.05, 0.1) is 11.4 Å². The lowest BCUT2D eigenvalue weighted by Gasteiger charge is -2.21. The smallest absolute Gasteiger partial charge is 0.309 e. The van der Waals surface area contributed by atoms with Crippen LogP contribution in [0.1, 0.15) is 36.7 Å². The van der Waals surface area contributed by atoms with E-state index in [0.29, 0.717) is 34.1 Å². The van der Waals surface area contributed by atoms with Crippen molar-refractivity contribution in [3.63, 3.8) is 0 Å². The Kier molecular flexibility index (Phi) is 5.49. The van der Waals surface area contributed by atoms with Gasteiger partial charge in [-0.1, -0.05) is 0 Å². The van der Waals surface area contributed by atoms with Gasteiger partial charge in [-0.05, 0) is 54.5 Å². The Morgan fingerprint density at radius 3 is 2.71 bits per heavy atom. The Labute approximate surface area is 205 Å². The second-order valence-electron chi connectivity index (χ2n) is 8.10. The summed E-state index contributed by atoms with van der Waals surface area (Å²) in [6.45, 7) is 1.76. The SMILES string of the molecule is CC1(c2ccc(I)cn2)C(=O)Nc2nc(-c3cn4ccnc4c(CCCC(F)(F)F)n3)ncc21. The second kappa shape index (κ2) is 8.25. The van der Waals surface area contributed by atoms with Crippen LogP contribution in [0.3, 0.4) is 0 Å². The van der Waals surface area contributed by atoms with E-state index in [0.717, 1.165) is 3.57 Å². The van der Waals surface area contributed by atoms with Crippen molar-refractivity contribution >= 4 is 40.0 Å². The number of anilines is 1. The number of hydrogen-bond acceptors (Lipinski definition) is 6. The predicted molar refractivity (Wildman–Crippen MR) is 125 cm³/mol. The molecule has 8 nitrogen and oxygen atoms in total. The number of aromatic nitrogens is 6. The van der Waals surface area contributed by atoms with Gasteiger partial charge < -0.3 is 9.72 Å². The fraction of sp³-hybridized carbons (Fsp3) is 0.273. The molecule has 1 unspecified atom stereocenters. The maximum atomic E-state index is 12.9. The Morgan fingerprint density at radius 1 is 1.15 bits per heavy atom. The van der Waals surface area contributed by atoms with E-state index in [4.69, 9.17) is 0 Å². The summed E-state index contributed by atoms with van der Waals surface area (Å²) in [6.07, 6.45) is 3.01. The third kappa shape index (κ3) is 3.99. The molecule has 12 heteroatoms. The van der Waals surface area contributed by atoms with E-state index in [1.165, 1.54) is 0 Å². The van der Waals surface area contributed by atoms with Crippen LogP contribution in [-0.2, 0) is 16.6 Å². The molecule has 0 radical (unpaired) electrons. The standard InChI is InChI=1S/C22H17F3IN7O/c1-21(16-5-4-12(26)9-28-16)13-10-29-18(31-17(13)32-20(21)34)15-11-33-8-7-27-19(33)14(30-15)3-2-6-22(23,24)25/h4-5,7-11H,2-3,6H2,1H3,(H,29,31,32,34). The van der Waals surface area contributed by atoms with Crippen LogP contribution in [-0.4, -0.2) is 41.4 Å².